The molecule has 1 heterocycles. The summed E-state index contributed by atoms with van der Waals surface area (Å²) in [4.78, 5) is 11.1. The quantitative estimate of drug-likeness (QED) is 0.842. The predicted molar refractivity (Wildman–Crippen MR) is 78.3 cm³/mol. The van der Waals surface area contributed by atoms with Gasteiger partial charge in [0.1, 0.15) is 5.76 Å². The fourth-order valence-electron chi connectivity index (χ4n) is 2.17. The fraction of sp³-hybridized carbons (Fsp3) is 0.312. The fourth-order valence-corrected chi connectivity index (χ4v) is 2.17. The van der Waals surface area contributed by atoms with Crippen LogP contribution in [-0.2, 0) is 6.42 Å². The van der Waals surface area contributed by atoms with Crippen LogP contribution in [0.4, 0.5) is 5.69 Å². The molecular formula is C16H19NO3. The number of carboxylic acids is 1. The van der Waals surface area contributed by atoms with Crippen molar-refractivity contribution in [3.8, 4) is 0 Å². The molecule has 2 aromatic rings. The van der Waals surface area contributed by atoms with Gasteiger partial charge in [-0.15, -0.1) is 0 Å². The third-order valence-corrected chi connectivity index (χ3v) is 3.37. The monoisotopic (exact) mass is 273 g/mol. The van der Waals surface area contributed by atoms with Crippen LogP contribution in [0, 0.1) is 6.92 Å². The SMILES string of the molecule is Cc1c(NC(C)CCc2ccco2)cccc1C(=O)O. The van der Waals surface area contributed by atoms with E-state index in [0.717, 1.165) is 29.9 Å². The molecule has 4 nitrogen and oxygen atoms in total. The lowest BCUT2D eigenvalue weighted by Crippen LogP contribution is -2.17. The standard InChI is InChI=1S/C16H19NO3/c1-11(8-9-13-5-4-10-20-13)17-15-7-3-6-14(12(15)2)16(18)19/h3-7,10-11,17H,8-9H2,1-2H3,(H,18,19). The highest BCUT2D eigenvalue weighted by atomic mass is 16.4. The lowest BCUT2D eigenvalue weighted by molar-refractivity contribution is 0.0696. The number of hydrogen-bond donors (Lipinski definition) is 2. The maximum Gasteiger partial charge on any atom is 0.336 e. The Hall–Kier alpha value is -2.23. The molecule has 1 unspecified atom stereocenters. The zero-order valence-corrected chi connectivity index (χ0v) is 11.7. The number of nitrogens with one attached hydrogen (secondary N) is 1. The first-order valence-corrected chi connectivity index (χ1v) is 6.69. The van der Waals surface area contributed by atoms with Crippen molar-refractivity contribution < 1.29 is 14.3 Å². The van der Waals surface area contributed by atoms with E-state index in [-0.39, 0.29) is 6.04 Å². The van der Waals surface area contributed by atoms with Crippen molar-refractivity contribution in [2.45, 2.75) is 32.7 Å². The Bertz CT molecular complexity index is 575. The van der Waals surface area contributed by atoms with Gasteiger partial charge in [0, 0.05) is 18.2 Å². The predicted octanol–water partition coefficient (Wildman–Crippen LogP) is 3.72. The van der Waals surface area contributed by atoms with E-state index in [9.17, 15) is 4.79 Å². The molecule has 1 aromatic heterocycles. The highest BCUT2D eigenvalue weighted by molar-refractivity contribution is 5.91. The highest BCUT2D eigenvalue weighted by Gasteiger charge is 2.11. The van der Waals surface area contributed by atoms with E-state index in [1.807, 2.05) is 25.1 Å². The Morgan fingerprint density at radius 2 is 2.15 bits per heavy atom. The van der Waals surface area contributed by atoms with Gasteiger partial charge >= 0.3 is 5.97 Å². The molecule has 0 aliphatic carbocycles. The summed E-state index contributed by atoms with van der Waals surface area (Å²) in [6.07, 6.45) is 3.46. The van der Waals surface area contributed by atoms with Crippen molar-refractivity contribution in [2.24, 2.45) is 0 Å². The number of benzene rings is 1. The number of carboxylic acid groups (broad SMARTS) is 1. The third kappa shape index (κ3) is 3.41. The van der Waals surface area contributed by atoms with Gasteiger partial charge in [-0.2, -0.15) is 0 Å². The molecule has 0 fully saturated rings. The number of furan rings is 1. The van der Waals surface area contributed by atoms with E-state index in [4.69, 9.17) is 9.52 Å². The molecule has 0 saturated carbocycles. The van der Waals surface area contributed by atoms with Crippen LogP contribution in [0.2, 0.25) is 0 Å². The van der Waals surface area contributed by atoms with Crippen molar-refractivity contribution in [1.29, 1.82) is 0 Å². The van der Waals surface area contributed by atoms with Crippen LogP contribution in [0.25, 0.3) is 0 Å². The number of hydrogen-bond acceptors (Lipinski definition) is 3. The molecule has 4 heteroatoms. The first-order valence-electron chi connectivity index (χ1n) is 6.69. The second-order valence-electron chi connectivity index (χ2n) is 4.95. The topological polar surface area (TPSA) is 62.5 Å². The summed E-state index contributed by atoms with van der Waals surface area (Å²) in [5, 5.41) is 12.5. The molecule has 0 radical (unpaired) electrons. The summed E-state index contributed by atoms with van der Waals surface area (Å²) in [5.74, 6) is 0.0732. The van der Waals surface area contributed by atoms with E-state index in [1.165, 1.54) is 0 Å². The number of aryl methyl sites for hydroxylation is 1. The van der Waals surface area contributed by atoms with Gasteiger partial charge in [0.15, 0.2) is 0 Å². The maximum atomic E-state index is 11.1. The molecular weight excluding hydrogens is 254 g/mol. The lowest BCUT2D eigenvalue weighted by Gasteiger charge is -2.17. The van der Waals surface area contributed by atoms with E-state index >= 15 is 0 Å². The normalized spacial score (nSPS) is 12.1. The summed E-state index contributed by atoms with van der Waals surface area (Å²) in [6.45, 7) is 3.90. The zero-order chi connectivity index (χ0) is 14.5. The van der Waals surface area contributed by atoms with Gasteiger partial charge in [-0.3, -0.25) is 0 Å². The second kappa shape index (κ2) is 6.28. The minimum atomic E-state index is -0.894. The molecule has 2 N–H and O–H groups in total. The minimum Gasteiger partial charge on any atom is -0.478 e. The molecule has 2 rings (SSSR count). The van der Waals surface area contributed by atoms with Gasteiger partial charge in [0.2, 0.25) is 0 Å². The molecule has 1 atom stereocenters. The first kappa shape index (κ1) is 14.2. The molecule has 0 aliphatic rings. The Kier molecular flexibility index (Phi) is 4.45. The van der Waals surface area contributed by atoms with Crippen molar-refractivity contribution in [2.75, 3.05) is 5.32 Å². The molecule has 0 aliphatic heterocycles. The molecule has 0 amide bonds. The van der Waals surface area contributed by atoms with E-state index in [1.54, 1.807) is 18.4 Å². The molecule has 0 spiro atoms. The van der Waals surface area contributed by atoms with Crippen LogP contribution in [0.1, 0.15) is 35.0 Å². The number of carbonyl (C=O) groups is 1. The van der Waals surface area contributed by atoms with Crippen molar-refractivity contribution in [3.05, 3.63) is 53.5 Å². The van der Waals surface area contributed by atoms with Crippen molar-refractivity contribution >= 4 is 11.7 Å². The van der Waals surface area contributed by atoms with Crippen LogP contribution in [0.5, 0.6) is 0 Å². The number of rotatable bonds is 6. The summed E-state index contributed by atoms with van der Waals surface area (Å²) < 4.78 is 5.30. The highest BCUT2D eigenvalue weighted by Crippen LogP contribution is 2.20. The van der Waals surface area contributed by atoms with Gasteiger partial charge in [-0.25, -0.2) is 4.79 Å². The molecule has 0 bridgehead atoms. The van der Waals surface area contributed by atoms with Crippen molar-refractivity contribution in [3.63, 3.8) is 0 Å². The smallest absolute Gasteiger partial charge is 0.336 e. The third-order valence-electron chi connectivity index (χ3n) is 3.37. The van der Waals surface area contributed by atoms with Crippen LogP contribution in [0.3, 0.4) is 0 Å². The maximum absolute atomic E-state index is 11.1. The summed E-state index contributed by atoms with van der Waals surface area (Å²) >= 11 is 0. The number of aromatic carboxylic acids is 1. The Morgan fingerprint density at radius 3 is 2.80 bits per heavy atom. The summed E-state index contributed by atoms with van der Waals surface area (Å²) in [6, 6.07) is 9.37. The van der Waals surface area contributed by atoms with Gasteiger partial charge in [-0.05, 0) is 50.1 Å². The minimum absolute atomic E-state index is 0.239. The van der Waals surface area contributed by atoms with Crippen LogP contribution in [-0.4, -0.2) is 17.1 Å². The van der Waals surface area contributed by atoms with Gasteiger partial charge in [0.05, 0.1) is 11.8 Å². The average Bonchev–Trinajstić information content (AvgIpc) is 2.91. The van der Waals surface area contributed by atoms with Crippen molar-refractivity contribution in [1.82, 2.24) is 0 Å². The molecule has 0 saturated heterocycles. The zero-order valence-electron chi connectivity index (χ0n) is 11.7. The van der Waals surface area contributed by atoms with E-state index in [2.05, 4.69) is 12.2 Å². The second-order valence-corrected chi connectivity index (χ2v) is 4.95. The number of anilines is 1. The molecule has 106 valence electrons. The lowest BCUT2D eigenvalue weighted by atomic mass is 10.1. The largest absolute Gasteiger partial charge is 0.478 e. The molecule has 20 heavy (non-hydrogen) atoms. The van der Waals surface area contributed by atoms with Crippen LogP contribution >= 0.6 is 0 Å². The van der Waals surface area contributed by atoms with Gasteiger partial charge in [0.25, 0.3) is 0 Å². The summed E-state index contributed by atoms with van der Waals surface area (Å²) in [5.41, 5.74) is 1.98. The van der Waals surface area contributed by atoms with E-state index < -0.39 is 5.97 Å². The Labute approximate surface area is 118 Å². The van der Waals surface area contributed by atoms with Gasteiger partial charge in [-0.1, -0.05) is 6.07 Å². The van der Waals surface area contributed by atoms with Gasteiger partial charge < -0.3 is 14.8 Å². The average molecular weight is 273 g/mol. The van der Waals surface area contributed by atoms with E-state index in [0.29, 0.717) is 5.56 Å². The first-order chi connectivity index (χ1) is 9.58. The van der Waals surface area contributed by atoms with Crippen LogP contribution < -0.4 is 5.32 Å². The Balaban J connectivity index is 1.99. The molecule has 1 aromatic carbocycles. The summed E-state index contributed by atoms with van der Waals surface area (Å²) in [7, 11) is 0. The Morgan fingerprint density at radius 1 is 1.35 bits per heavy atom. The van der Waals surface area contributed by atoms with Crippen LogP contribution in [0.15, 0.2) is 41.0 Å².